The van der Waals surface area contributed by atoms with Gasteiger partial charge < -0.3 is 14.6 Å². The van der Waals surface area contributed by atoms with Crippen LogP contribution in [-0.4, -0.2) is 36.7 Å². The van der Waals surface area contributed by atoms with Crippen molar-refractivity contribution < 1.29 is 19.4 Å². The maximum atomic E-state index is 10.7. The second-order valence-electron chi connectivity index (χ2n) is 7.01. The van der Waals surface area contributed by atoms with Crippen LogP contribution in [0.1, 0.15) is 47.5 Å². The van der Waals surface area contributed by atoms with Crippen molar-refractivity contribution in [3.63, 3.8) is 0 Å². The first kappa shape index (κ1) is 19.3. The minimum atomic E-state index is -1.82. The van der Waals surface area contributed by atoms with Crippen molar-refractivity contribution in [1.82, 2.24) is 0 Å². The van der Waals surface area contributed by atoms with Crippen LogP contribution in [0.15, 0.2) is 11.6 Å². The van der Waals surface area contributed by atoms with E-state index in [0.717, 1.165) is 0 Å². The second-order valence-corrected chi connectivity index (χ2v) is 11.8. The molecule has 4 nitrogen and oxygen atoms in total. The normalized spacial score (nSPS) is 16.9. The molecular weight excluding hydrogens is 272 g/mol. The number of hydrogen-bond donors (Lipinski definition) is 2. The van der Waals surface area contributed by atoms with Gasteiger partial charge in [-0.05, 0) is 44.8 Å². The molecule has 2 N–H and O–H groups in total. The summed E-state index contributed by atoms with van der Waals surface area (Å²) in [6, 6.07) is 0. The molecule has 118 valence electrons. The van der Waals surface area contributed by atoms with E-state index >= 15 is 0 Å². The third-order valence-corrected chi connectivity index (χ3v) is 8.54. The van der Waals surface area contributed by atoms with Crippen LogP contribution in [-0.2, 0) is 9.22 Å². The minimum absolute atomic E-state index is 0.0237. The van der Waals surface area contributed by atoms with Crippen LogP contribution in [0.25, 0.3) is 0 Å². The lowest BCUT2D eigenvalue weighted by atomic mass is 10.1. The highest BCUT2D eigenvalue weighted by molar-refractivity contribution is 6.74. The van der Waals surface area contributed by atoms with Crippen LogP contribution < -0.4 is 0 Å². The van der Waals surface area contributed by atoms with Gasteiger partial charge in [0.2, 0.25) is 0 Å². The molecule has 0 rings (SSSR count). The maximum Gasteiger partial charge on any atom is 0.330 e. The van der Waals surface area contributed by atoms with E-state index < -0.39 is 20.4 Å². The lowest BCUT2D eigenvalue weighted by Crippen LogP contribution is -2.43. The van der Waals surface area contributed by atoms with Gasteiger partial charge in [-0.15, -0.1) is 0 Å². The van der Waals surface area contributed by atoms with Gasteiger partial charge in [0.05, 0.1) is 6.10 Å². The van der Waals surface area contributed by atoms with E-state index in [1.165, 1.54) is 6.92 Å². The summed E-state index contributed by atoms with van der Waals surface area (Å²) in [4.78, 5) is 10.7. The average Bonchev–Trinajstić information content (AvgIpc) is 2.22. The predicted molar refractivity (Wildman–Crippen MR) is 84.4 cm³/mol. The van der Waals surface area contributed by atoms with E-state index in [1.54, 1.807) is 6.08 Å². The van der Waals surface area contributed by atoms with E-state index in [2.05, 4.69) is 33.9 Å². The van der Waals surface area contributed by atoms with Crippen molar-refractivity contribution in [3.8, 4) is 0 Å². The molecule has 0 aromatic heterocycles. The zero-order valence-corrected chi connectivity index (χ0v) is 14.9. The Bertz CT molecular complexity index is 355. The molecular formula is C15H30O4Si. The molecule has 0 aromatic carbocycles. The van der Waals surface area contributed by atoms with Crippen LogP contribution in [0.2, 0.25) is 18.1 Å². The van der Waals surface area contributed by atoms with Crippen LogP contribution in [0, 0.1) is 0 Å². The molecule has 0 bridgehead atoms. The molecule has 0 aliphatic carbocycles. The summed E-state index contributed by atoms with van der Waals surface area (Å²) in [5.74, 6) is -0.942. The highest BCUT2D eigenvalue weighted by Crippen LogP contribution is 2.37. The summed E-state index contributed by atoms with van der Waals surface area (Å²) < 4.78 is 6.17. The predicted octanol–water partition coefficient (Wildman–Crippen LogP) is 3.57. The van der Waals surface area contributed by atoms with Gasteiger partial charge in [0.25, 0.3) is 0 Å². The van der Waals surface area contributed by atoms with Crippen LogP contribution in [0.3, 0.4) is 0 Å². The molecule has 2 unspecified atom stereocenters. The van der Waals surface area contributed by atoms with Gasteiger partial charge in [-0.3, -0.25) is 0 Å². The molecule has 0 saturated carbocycles. The number of rotatable bonds is 7. The van der Waals surface area contributed by atoms with Gasteiger partial charge in [0, 0.05) is 11.7 Å². The summed E-state index contributed by atoms with van der Waals surface area (Å²) in [6.07, 6.45) is 1.85. The van der Waals surface area contributed by atoms with Crippen LogP contribution in [0.5, 0.6) is 0 Å². The molecule has 0 saturated heterocycles. The summed E-state index contributed by atoms with van der Waals surface area (Å²) in [5, 5.41) is 18.8. The fourth-order valence-electron chi connectivity index (χ4n) is 1.61. The zero-order valence-electron chi connectivity index (χ0n) is 13.9. The van der Waals surface area contributed by atoms with Crippen molar-refractivity contribution in [2.45, 2.75) is 77.8 Å². The molecule has 0 radical (unpaired) electrons. The summed E-state index contributed by atoms with van der Waals surface area (Å²) >= 11 is 0. The third-order valence-electron chi connectivity index (χ3n) is 3.94. The fraction of sp³-hybridized carbons (Fsp3) is 0.800. The number of aliphatic hydroxyl groups is 1. The number of hydrogen-bond acceptors (Lipinski definition) is 3. The van der Waals surface area contributed by atoms with Gasteiger partial charge in [-0.2, -0.15) is 0 Å². The highest BCUT2D eigenvalue weighted by Gasteiger charge is 2.38. The average molecular weight is 302 g/mol. The first-order chi connectivity index (χ1) is 8.86. The first-order valence-electron chi connectivity index (χ1n) is 7.12. The Hall–Kier alpha value is -0.653. The molecule has 0 spiro atoms. The molecule has 0 aromatic rings. The molecule has 0 aliphatic rings. The Labute approximate surface area is 124 Å². The van der Waals surface area contributed by atoms with E-state index in [4.69, 9.17) is 9.53 Å². The standard InChI is InChI=1S/C15H30O4Si/c1-11(14(17)18)8-9-13(16)10-12(2)19-20(6,7)15(3,4)5/h8,12-13,16H,9-10H2,1-7H3,(H,17,18). The van der Waals surface area contributed by atoms with Crippen molar-refractivity contribution in [1.29, 1.82) is 0 Å². The molecule has 2 atom stereocenters. The summed E-state index contributed by atoms with van der Waals surface area (Å²) in [5.41, 5.74) is 0.266. The number of carboxylic acid groups (broad SMARTS) is 1. The van der Waals surface area contributed by atoms with Gasteiger partial charge in [0.15, 0.2) is 8.32 Å². The van der Waals surface area contributed by atoms with Gasteiger partial charge in [-0.25, -0.2) is 4.79 Å². The molecule has 5 heteroatoms. The Morgan fingerprint density at radius 2 is 1.85 bits per heavy atom. The molecule has 20 heavy (non-hydrogen) atoms. The van der Waals surface area contributed by atoms with Crippen molar-refractivity contribution in [3.05, 3.63) is 11.6 Å². The van der Waals surface area contributed by atoms with Gasteiger partial charge >= 0.3 is 5.97 Å². The Morgan fingerprint density at radius 3 is 2.25 bits per heavy atom. The first-order valence-corrected chi connectivity index (χ1v) is 10.0. The monoisotopic (exact) mass is 302 g/mol. The van der Waals surface area contributed by atoms with E-state index in [1.807, 2.05) is 6.92 Å². The van der Waals surface area contributed by atoms with E-state index in [9.17, 15) is 9.90 Å². The number of aliphatic carboxylic acids is 1. The molecule has 0 heterocycles. The quantitative estimate of drug-likeness (QED) is 0.557. The van der Waals surface area contributed by atoms with Crippen molar-refractivity contribution in [2.75, 3.05) is 0 Å². The largest absolute Gasteiger partial charge is 0.478 e. The Morgan fingerprint density at radius 1 is 1.35 bits per heavy atom. The van der Waals surface area contributed by atoms with Crippen molar-refractivity contribution in [2.24, 2.45) is 0 Å². The topological polar surface area (TPSA) is 66.8 Å². The smallest absolute Gasteiger partial charge is 0.330 e. The number of carbonyl (C=O) groups is 1. The number of carboxylic acids is 1. The second kappa shape index (κ2) is 7.38. The lowest BCUT2D eigenvalue weighted by Gasteiger charge is -2.38. The van der Waals surface area contributed by atoms with Gasteiger partial charge in [0.1, 0.15) is 0 Å². The lowest BCUT2D eigenvalue weighted by molar-refractivity contribution is -0.132. The minimum Gasteiger partial charge on any atom is -0.478 e. The fourth-order valence-corrected chi connectivity index (χ4v) is 3.06. The van der Waals surface area contributed by atoms with E-state index in [0.29, 0.717) is 12.8 Å². The van der Waals surface area contributed by atoms with Crippen LogP contribution >= 0.6 is 0 Å². The number of aliphatic hydroxyl groups excluding tert-OH is 1. The molecule has 0 fully saturated rings. The zero-order chi connectivity index (χ0) is 16.1. The summed E-state index contributed by atoms with van der Waals surface area (Å²) in [7, 11) is -1.82. The Balaban J connectivity index is 4.38. The van der Waals surface area contributed by atoms with E-state index in [-0.39, 0.29) is 16.7 Å². The molecule has 0 aliphatic heterocycles. The van der Waals surface area contributed by atoms with Gasteiger partial charge in [-0.1, -0.05) is 26.8 Å². The SMILES string of the molecule is CC(=CCC(O)CC(C)O[Si](C)(C)C(C)(C)C)C(=O)O. The van der Waals surface area contributed by atoms with Crippen molar-refractivity contribution >= 4 is 14.3 Å². The highest BCUT2D eigenvalue weighted by atomic mass is 28.4. The summed E-state index contributed by atoms with van der Waals surface area (Å²) in [6.45, 7) is 14.4. The third kappa shape index (κ3) is 6.68. The van der Waals surface area contributed by atoms with Crippen LogP contribution in [0.4, 0.5) is 0 Å². The molecule has 0 amide bonds. The maximum absolute atomic E-state index is 10.7. The Kier molecular flexibility index (Phi) is 7.14.